The van der Waals surface area contributed by atoms with Gasteiger partial charge in [-0.1, -0.05) is 18.2 Å². The highest BCUT2D eigenvalue weighted by molar-refractivity contribution is 5.92. The van der Waals surface area contributed by atoms with Crippen LogP contribution < -0.4 is 0 Å². The summed E-state index contributed by atoms with van der Waals surface area (Å²) in [6.45, 7) is 0.246. The van der Waals surface area contributed by atoms with Gasteiger partial charge in [-0.25, -0.2) is 0 Å². The molecule has 0 aliphatic heterocycles. The molecule has 6 nitrogen and oxygen atoms in total. The first-order valence-electron chi connectivity index (χ1n) is 8.05. The summed E-state index contributed by atoms with van der Waals surface area (Å²) in [4.78, 5) is 15.8. The van der Waals surface area contributed by atoms with E-state index in [1.807, 2.05) is 37.4 Å². The first-order chi connectivity index (χ1) is 11.2. The van der Waals surface area contributed by atoms with E-state index >= 15 is 0 Å². The Hall–Kier alpha value is -2.21. The molecule has 1 aromatic carbocycles. The molecule has 1 fully saturated rings. The van der Waals surface area contributed by atoms with E-state index in [4.69, 9.17) is 0 Å². The van der Waals surface area contributed by atoms with Crippen LogP contribution in [0.1, 0.15) is 36.2 Å². The van der Waals surface area contributed by atoms with Crippen molar-refractivity contribution in [2.75, 3.05) is 13.7 Å². The van der Waals surface area contributed by atoms with Crippen LogP contribution in [0.15, 0.2) is 36.5 Å². The van der Waals surface area contributed by atoms with Crippen LogP contribution >= 0.6 is 0 Å². The zero-order valence-electron chi connectivity index (χ0n) is 13.3. The first kappa shape index (κ1) is 15.7. The molecule has 1 aromatic heterocycles. The van der Waals surface area contributed by atoms with Crippen molar-refractivity contribution in [3.63, 3.8) is 0 Å². The number of carbonyl (C=O) groups is 1. The van der Waals surface area contributed by atoms with Crippen molar-refractivity contribution in [1.82, 2.24) is 19.9 Å². The number of aliphatic hydroxyl groups excluding tert-OH is 1. The maximum atomic E-state index is 12.6. The molecular formula is C17H22N4O2. The average molecular weight is 314 g/mol. The number of rotatable bonds is 4. The minimum Gasteiger partial charge on any atom is -0.396 e. The monoisotopic (exact) mass is 314 g/mol. The maximum absolute atomic E-state index is 12.6. The summed E-state index contributed by atoms with van der Waals surface area (Å²) in [7, 11) is 1.83. The number of nitrogens with zero attached hydrogens (tertiary/aromatic N) is 4. The molecule has 3 rings (SSSR count). The van der Waals surface area contributed by atoms with Gasteiger partial charge in [0.1, 0.15) is 0 Å². The molecule has 0 radical (unpaired) electrons. The molecule has 0 atom stereocenters. The SMILES string of the molecule is CN(C(=O)c1cnn(-c2ccccc2)n1)C1CCC(CO)CC1. The van der Waals surface area contributed by atoms with Gasteiger partial charge in [-0.15, -0.1) is 5.10 Å². The molecule has 0 spiro atoms. The lowest BCUT2D eigenvalue weighted by molar-refractivity contribution is 0.0646. The number of carbonyl (C=O) groups excluding carboxylic acids is 1. The fraction of sp³-hybridized carbons (Fsp3) is 0.471. The summed E-state index contributed by atoms with van der Waals surface area (Å²) < 4.78 is 0. The zero-order chi connectivity index (χ0) is 16.2. The Balaban J connectivity index is 1.67. The highest BCUT2D eigenvalue weighted by Crippen LogP contribution is 2.27. The van der Waals surface area contributed by atoms with Gasteiger partial charge in [-0.05, 0) is 43.7 Å². The predicted molar refractivity (Wildman–Crippen MR) is 86.3 cm³/mol. The number of aliphatic hydroxyl groups is 1. The van der Waals surface area contributed by atoms with Gasteiger partial charge in [0.2, 0.25) is 0 Å². The third-order valence-corrected chi connectivity index (χ3v) is 4.64. The third-order valence-electron chi connectivity index (χ3n) is 4.64. The summed E-state index contributed by atoms with van der Waals surface area (Å²) in [5, 5.41) is 17.7. The van der Waals surface area contributed by atoms with Crippen LogP contribution in [0.25, 0.3) is 5.69 Å². The highest BCUT2D eigenvalue weighted by atomic mass is 16.3. The Morgan fingerprint density at radius 3 is 2.61 bits per heavy atom. The number of hydrogen-bond acceptors (Lipinski definition) is 4. The van der Waals surface area contributed by atoms with Crippen molar-refractivity contribution in [2.45, 2.75) is 31.7 Å². The number of benzene rings is 1. The number of hydrogen-bond donors (Lipinski definition) is 1. The molecule has 1 heterocycles. The molecule has 0 unspecified atom stereocenters. The summed E-state index contributed by atoms with van der Waals surface area (Å²) in [5.41, 5.74) is 1.19. The van der Waals surface area contributed by atoms with Gasteiger partial charge in [-0.3, -0.25) is 4.79 Å². The number of para-hydroxylation sites is 1. The van der Waals surface area contributed by atoms with Crippen molar-refractivity contribution in [3.8, 4) is 5.69 Å². The first-order valence-corrected chi connectivity index (χ1v) is 8.05. The molecule has 1 aliphatic carbocycles. The maximum Gasteiger partial charge on any atom is 0.276 e. The molecule has 1 N–H and O–H groups in total. The molecule has 2 aromatic rings. The van der Waals surface area contributed by atoms with Crippen molar-refractivity contribution < 1.29 is 9.90 Å². The van der Waals surface area contributed by atoms with E-state index in [1.54, 1.807) is 4.90 Å². The van der Waals surface area contributed by atoms with E-state index in [2.05, 4.69) is 10.2 Å². The molecule has 0 saturated heterocycles. The van der Waals surface area contributed by atoms with Gasteiger partial charge in [-0.2, -0.15) is 9.90 Å². The Morgan fingerprint density at radius 2 is 1.96 bits per heavy atom. The van der Waals surface area contributed by atoms with Gasteiger partial charge < -0.3 is 10.0 Å². The fourth-order valence-corrected chi connectivity index (χ4v) is 3.11. The van der Waals surface area contributed by atoms with E-state index < -0.39 is 0 Å². The van der Waals surface area contributed by atoms with Gasteiger partial charge in [0.15, 0.2) is 5.69 Å². The largest absolute Gasteiger partial charge is 0.396 e. The van der Waals surface area contributed by atoms with E-state index in [0.717, 1.165) is 31.4 Å². The van der Waals surface area contributed by atoms with E-state index in [9.17, 15) is 9.90 Å². The molecular weight excluding hydrogens is 292 g/mol. The fourth-order valence-electron chi connectivity index (χ4n) is 3.11. The lowest BCUT2D eigenvalue weighted by atomic mass is 9.86. The topological polar surface area (TPSA) is 71.2 Å². The predicted octanol–water partition coefficient (Wildman–Crippen LogP) is 1.89. The van der Waals surface area contributed by atoms with Crippen LogP contribution in [-0.4, -0.2) is 50.6 Å². The molecule has 23 heavy (non-hydrogen) atoms. The van der Waals surface area contributed by atoms with Crippen LogP contribution in [-0.2, 0) is 0 Å². The van der Waals surface area contributed by atoms with Crippen molar-refractivity contribution in [1.29, 1.82) is 0 Å². The van der Waals surface area contributed by atoms with Crippen LogP contribution in [0.2, 0.25) is 0 Å². The second-order valence-corrected chi connectivity index (χ2v) is 6.13. The smallest absolute Gasteiger partial charge is 0.276 e. The summed E-state index contributed by atoms with van der Waals surface area (Å²) >= 11 is 0. The minimum absolute atomic E-state index is 0.0976. The van der Waals surface area contributed by atoms with Crippen molar-refractivity contribution in [2.24, 2.45) is 5.92 Å². The minimum atomic E-state index is -0.0976. The average Bonchev–Trinajstić information content (AvgIpc) is 3.11. The molecule has 0 bridgehead atoms. The standard InChI is InChI=1S/C17H22N4O2/c1-20(14-9-7-13(12-22)8-10-14)17(23)16-11-18-21(19-16)15-5-3-2-4-6-15/h2-6,11,13-14,22H,7-10,12H2,1H3. The highest BCUT2D eigenvalue weighted by Gasteiger charge is 2.28. The van der Waals surface area contributed by atoms with Gasteiger partial charge >= 0.3 is 0 Å². The van der Waals surface area contributed by atoms with E-state index in [-0.39, 0.29) is 18.6 Å². The van der Waals surface area contributed by atoms with Crippen LogP contribution in [0, 0.1) is 5.92 Å². The Bertz CT molecular complexity index is 648. The molecule has 1 amide bonds. The number of amides is 1. The van der Waals surface area contributed by atoms with Crippen molar-refractivity contribution in [3.05, 3.63) is 42.2 Å². The summed E-state index contributed by atoms with van der Waals surface area (Å²) in [6.07, 6.45) is 5.32. The van der Waals surface area contributed by atoms with Crippen LogP contribution in [0.3, 0.4) is 0 Å². The molecule has 122 valence electrons. The zero-order valence-corrected chi connectivity index (χ0v) is 13.3. The lowest BCUT2D eigenvalue weighted by Gasteiger charge is -2.33. The van der Waals surface area contributed by atoms with Gasteiger partial charge in [0.05, 0.1) is 11.9 Å². The second kappa shape index (κ2) is 6.91. The van der Waals surface area contributed by atoms with E-state index in [1.165, 1.54) is 11.0 Å². The normalized spacial score (nSPS) is 21.1. The lowest BCUT2D eigenvalue weighted by Crippen LogP contribution is -2.40. The Kier molecular flexibility index (Phi) is 4.71. The second-order valence-electron chi connectivity index (χ2n) is 6.13. The molecule has 1 saturated carbocycles. The van der Waals surface area contributed by atoms with Gasteiger partial charge in [0.25, 0.3) is 5.91 Å². The van der Waals surface area contributed by atoms with E-state index in [0.29, 0.717) is 11.6 Å². The quantitative estimate of drug-likeness (QED) is 0.935. The molecule has 1 aliphatic rings. The molecule has 6 heteroatoms. The van der Waals surface area contributed by atoms with Crippen LogP contribution in [0.5, 0.6) is 0 Å². The van der Waals surface area contributed by atoms with Crippen molar-refractivity contribution >= 4 is 5.91 Å². The Labute approximate surface area is 135 Å². The third kappa shape index (κ3) is 3.42. The van der Waals surface area contributed by atoms with Gasteiger partial charge in [0, 0.05) is 19.7 Å². The Morgan fingerprint density at radius 1 is 1.26 bits per heavy atom. The summed E-state index contributed by atoms with van der Waals surface area (Å²) in [5.74, 6) is 0.285. The summed E-state index contributed by atoms with van der Waals surface area (Å²) in [6, 6.07) is 9.75. The van der Waals surface area contributed by atoms with Crippen LogP contribution in [0.4, 0.5) is 0 Å². The number of aromatic nitrogens is 3.